The summed E-state index contributed by atoms with van der Waals surface area (Å²) in [4.78, 5) is 16.7. The Morgan fingerprint density at radius 2 is 2.00 bits per heavy atom. The average Bonchev–Trinajstić information content (AvgIpc) is 2.03. The topological polar surface area (TPSA) is 81.7 Å². The quantitative estimate of drug-likeness (QED) is 0.469. The third kappa shape index (κ3) is 6.50. The first-order valence-electron chi connectivity index (χ1n) is 3.61. The highest BCUT2D eigenvalue weighted by Gasteiger charge is 2.10. The molecule has 0 bridgehead atoms. The molecule has 0 rings (SSSR count). The lowest BCUT2D eigenvalue weighted by atomic mass is 10.3. The number of esters is 1. The zero-order valence-electron chi connectivity index (χ0n) is 7.57. The highest BCUT2D eigenvalue weighted by Crippen LogP contribution is 1.95. The third-order valence-corrected chi connectivity index (χ3v) is 2.48. The first kappa shape index (κ1) is 12.3. The molecule has 0 unspecified atom stereocenters. The van der Waals surface area contributed by atoms with Crippen LogP contribution in [0.2, 0.25) is 0 Å². The molecule has 0 fully saturated rings. The Hall–Kier alpha value is -0.660. The first-order chi connectivity index (χ1) is 6.02. The van der Waals surface area contributed by atoms with Crippen LogP contribution in [0.3, 0.4) is 0 Å². The van der Waals surface area contributed by atoms with E-state index in [-0.39, 0.29) is 18.6 Å². The van der Waals surface area contributed by atoms with E-state index in [4.69, 9.17) is 0 Å². The van der Waals surface area contributed by atoms with Crippen LogP contribution in [0.5, 0.6) is 0 Å². The molecule has 0 spiro atoms. The van der Waals surface area contributed by atoms with Crippen LogP contribution in [0.1, 0.15) is 12.8 Å². The van der Waals surface area contributed by atoms with E-state index in [2.05, 4.69) is 9.57 Å². The van der Waals surface area contributed by atoms with Crippen LogP contribution in [-0.4, -0.2) is 34.4 Å². The van der Waals surface area contributed by atoms with Crippen molar-refractivity contribution in [3.8, 4) is 0 Å². The predicted octanol–water partition coefficient (Wildman–Crippen LogP) is -0.580. The highest BCUT2D eigenvalue weighted by atomic mass is 32.2. The van der Waals surface area contributed by atoms with Crippen molar-refractivity contribution in [3.05, 3.63) is 0 Å². The van der Waals surface area contributed by atoms with Crippen LogP contribution in [-0.2, 0) is 24.4 Å². The molecule has 0 radical (unpaired) electrons. The Kier molecular flexibility index (Phi) is 5.60. The maximum Gasteiger partial charge on any atom is 0.305 e. The van der Waals surface area contributed by atoms with E-state index in [1.165, 1.54) is 14.2 Å². The normalized spacial score (nSPS) is 11.2. The molecule has 78 valence electrons. The summed E-state index contributed by atoms with van der Waals surface area (Å²) in [5.74, 6) is -0.580. The van der Waals surface area contributed by atoms with E-state index in [0.29, 0.717) is 0 Å². The van der Waals surface area contributed by atoms with Gasteiger partial charge in [0.15, 0.2) is 0 Å². The molecule has 0 saturated carbocycles. The first-order valence-corrected chi connectivity index (χ1v) is 5.26. The predicted molar refractivity (Wildman–Crippen MR) is 45.2 cm³/mol. The number of carbonyl (C=O) groups excluding carboxylic acids is 1. The van der Waals surface area contributed by atoms with E-state index >= 15 is 0 Å². The third-order valence-electron chi connectivity index (χ3n) is 1.23. The SMILES string of the molecule is CONS(=O)(=O)CCCC(=O)OC. The fourth-order valence-electron chi connectivity index (χ4n) is 0.677. The molecule has 0 amide bonds. The van der Waals surface area contributed by atoms with Crippen molar-refractivity contribution in [3.63, 3.8) is 0 Å². The van der Waals surface area contributed by atoms with Gasteiger partial charge in [-0.3, -0.25) is 9.63 Å². The highest BCUT2D eigenvalue weighted by molar-refractivity contribution is 7.89. The van der Waals surface area contributed by atoms with Crippen molar-refractivity contribution in [1.82, 2.24) is 4.89 Å². The van der Waals surface area contributed by atoms with Crippen LogP contribution in [0.25, 0.3) is 0 Å². The standard InChI is InChI=1S/C6H13NO5S/c1-11-6(8)4-3-5-13(9,10)7-12-2/h7H,3-5H2,1-2H3. The molecule has 0 heterocycles. The van der Waals surface area contributed by atoms with Gasteiger partial charge >= 0.3 is 5.97 Å². The largest absolute Gasteiger partial charge is 0.469 e. The fourth-order valence-corrected chi connectivity index (χ4v) is 1.54. The number of nitrogens with one attached hydrogen (secondary N) is 1. The molecule has 0 atom stereocenters. The van der Waals surface area contributed by atoms with Crippen molar-refractivity contribution in [2.75, 3.05) is 20.0 Å². The van der Waals surface area contributed by atoms with Crippen molar-refractivity contribution in [2.24, 2.45) is 0 Å². The zero-order chi connectivity index (χ0) is 10.3. The maximum atomic E-state index is 10.9. The second-order valence-electron chi connectivity index (χ2n) is 2.29. The zero-order valence-corrected chi connectivity index (χ0v) is 8.39. The van der Waals surface area contributed by atoms with Crippen LogP contribution >= 0.6 is 0 Å². The smallest absolute Gasteiger partial charge is 0.305 e. The molecular weight excluding hydrogens is 198 g/mol. The number of ether oxygens (including phenoxy) is 1. The van der Waals surface area contributed by atoms with Crippen LogP contribution in [0.4, 0.5) is 0 Å². The van der Waals surface area contributed by atoms with E-state index < -0.39 is 16.0 Å². The number of methoxy groups -OCH3 is 1. The minimum absolute atomic E-state index is 0.0844. The van der Waals surface area contributed by atoms with Gasteiger partial charge in [-0.15, -0.1) is 0 Å². The number of rotatable bonds is 6. The monoisotopic (exact) mass is 211 g/mol. The van der Waals surface area contributed by atoms with Gasteiger partial charge in [0.05, 0.1) is 20.0 Å². The number of hydrogen-bond acceptors (Lipinski definition) is 5. The molecule has 0 aliphatic heterocycles. The molecule has 0 aromatic rings. The van der Waals surface area contributed by atoms with E-state index in [1.54, 1.807) is 0 Å². The van der Waals surface area contributed by atoms with Gasteiger partial charge < -0.3 is 4.74 Å². The number of hydrogen-bond donors (Lipinski definition) is 1. The Labute approximate surface area is 77.2 Å². The molecule has 0 aliphatic carbocycles. The molecular formula is C6H13NO5S. The summed E-state index contributed by atoms with van der Waals surface area (Å²) in [5, 5.41) is 0. The Bertz CT molecular complexity index is 248. The Morgan fingerprint density at radius 1 is 1.38 bits per heavy atom. The van der Waals surface area contributed by atoms with Crippen LogP contribution in [0.15, 0.2) is 0 Å². The molecule has 0 aliphatic rings. The molecule has 0 saturated heterocycles. The van der Waals surface area contributed by atoms with Gasteiger partial charge in [0.25, 0.3) is 0 Å². The van der Waals surface area contributed by atoms with Gasteiger partial charge in [-0.25, -0.2) is 8.42 Å². The van der Waals surface area contributed by atoms with Crippen molar-refractivity contribution in [1.29, 1.82) is 0 Å². The van der Waals surface area contributed by atoms with Crippen LogP contribution in [0, 0.1) is 0 Å². The summed E-state index contributed by atoms with van der Waals surface area (Å²) in [6, 6.07) is 0. The van der Waals surface area contributed by atoms with Gasteiger partial charge in [0, 0.05) is 6.42 Å². The van der Waals surface area contributed by atoms with E-state index in [0.717, 1.165) is 0 Å². The maximum absolute atomic E-state index is 10.9. The van der Waals surface area contributed by atoms with E-state index in [9.17, 15) is 13.2 Å². The number of sulfonamides is 1. The van der Waals surface area contributed by atoms with Crippen molar-refractivity contribution < 1.29 is 22.8 Å². The summed E-state index contributed by atoms with van der Waals surface area (Å²) in [6.45, 7) is 0. The summed E-state index contributed by atoms with van der Waals surface area (Å²) in [7, 11) is -0.955. The van der Waals surface area contributed by atoms with Gasteiger partial charge in [0.1, 0.15) is 0 Å². The van der Waals surface area contributed by atoms with E-state index in [1.807, 2.05) is 4.89 Å². The summed E-state index contributed by atoms with van der Waals surface area (Å²) >= 11 is 0. The molecule has 13 heavy (non-hydrogen) atoms. The van der Waals surface area contributed by atoms with Gasteiger partial charge in [-0.1, -0.05) is 4.89 Å². The van der Waals surface area contributed by atoms with Crippen molar-refractivity contribution >= 4 is 16.0 Å². The summed E-state index contributed by atoms with van der Waals surface area (Å²) in [6.07, 6.45) is 0.298. The van der Waals surface area contributed by atoms with Crippen LogP contribution < -0.4 is 4.89 Å². The molecule has 1 N–H and O–H groups in total. The number of carbonyl (C=O) groups is 1. The Balaban J connectivity index is 3.70. The molecule has 0 aromatic heterocycles. The Morgan fingerprint density at radius 3 is 2.46 bits per heavy atom. The summed E-state index contributed by atoms with van der Waals surface area (Å²) in [5.41, 5.74) is 0. The lowest BCUT2D eigenvalue weighted by Crippen LogP contribution is -2.25. The van der Waals surface area contributed by atoms with Gasteiger partial charge in [0.2, 0.25) is 10.0 Å². The second-order valence-corrected chi connectivity index (χ2v) is 4.09. The fraction of sp³-hybridized carbons (Fsp3) is 0.833. The lowest BCUT2D eigenvalue weighted by Gasteiger charge is -2.02. The minimum Gasteiger partial charge on any atom is -0.469 e. The average molecular weight is 211 g/mol. The molecule has 7 heteroatoms. The second kappa shape index (κ2) is 5.90. The van der Waals surface area contributed by atoms with Gasteiger partial charge in [-0.05, 0) is 6.42 Å². The van der Waals surface area contributed by atoms with Crippen molar-refractivity contribution in [2.45, 2.75) is 12.8 Å². The van der Waals surface area contributed by atoms with Gasteiger partial charge in [-0.2, -0.15) is 0 Å². The molecule has 6 nitrogen and oxygen atoms in total. The molecule has 0 aromatic carbocycles. The summed E-state index contributed by atoms with van der Waals surface area (Å²) < 4.78 is 26.2. The minimum atomic E-state index is -3.42. The lowest BCUT2D eigenvalue weighted by molar-refractivity contribution is -0.140.